The molecule has 11 heavy (non-hydrogen) atoms. The molecule has 0 unspecified atom stereocenters. The van der Waals surface area contributed by atoms with Crippen LogP contribution in [0.4, 0.5) is 0 Å². The van der Waals surface area contributed by atoms with E-state index in [1.165, 1.54) is 19.3 Å². The van der Waals surface area contributed by atoms with Gasteiger partial charge >= 0.3 is 0 Å². The number of aryl methyl sites for hydroxylation is 1. The first kappa shape index (κ1) is 8.96. The highest BCUT2D eigenvalue weighted by atomic mass is 127. The molecule has 0 saturated heterocycles. The number of unbranched alkanes of at least 4 members (excludes halogenated alkanes) is 2. The lowest BCUT2D eigenvalue weighted by atomic mass is 10.2. The van der Waals surface area contributed by atoms with Crippen LogP contribution in [0.3, 0.4) is 0 Å². The van der Waals surface area contributed by atoms with E-state index in [-0.39, 0.29) is 0 Å². The van der Waals surface area contributed by atoms with E-state index in [0.29, 0.717) is 0 Å². The Morgan fingerprint density at radius 2 is 2.36 bits per heavy atom. The Kier molecular flexibility index (Phi) is 3.82. The zero-order chi connectivity index (χ0) is 8.10. The van der Waals surface area contributed by atoms with Crippen LogP contribution >= 0.6 is 22.6 Å². The van der Waals surface area contributed by atoms with Gasteiger partial charge in [0.05, 0.1) is 0 Å². The van der Waals surface area contributed by atoms with E-state index in [4.69, 9.17) is 0 Å². The first-order valence-corrected chi connectivity index (χ1v) is 4.95. The van der Waals surface area contributed by atoms with E-state index in [1.54, 1.807) is 6.33 Å². The molecule has 0 aliphatic rings. The van der Waals surface area contributed by atoms with Crippen LogP contribution in [-0.4, -0.2) is 14.8 Å². The van der Waals surface area contributed by atoms with Crippen LogP contribution in [0.5, 0.6) is 0 Å². The standard InChI is InChI=1S/C7H12IN3/c1-2-3-4-5-11-6-9-7(8)10-11/h6H,2-5H2,1H3. The van der Waals surface area contributed by atoms with E-state index in [0.717, 1.165) is 10.4 Å². The molecule has 0 spiro atoms. The normalized spacial score (nSPS) is 10.4. The van der Waals surface area contributed by atoms with Crippen LogP contribution in [0.15, 0.2) is 6.33 Å². The topological polar surface area (TPSA) is 30.7 Å². The molecular weight excluding hydrogens is 253 g/mol. The number of nitrogens with zero attached hydrogens (tertiary/aromatic N) is 3. The average Bonchev–Trinajstić information content (AvgIpc) is 2.37. The number of aromatic nitrogens is 3. The summed E-state index contributed by atoms with van der Waals surface area (Å²) in [6.07, 6.45) is 5.52. The van der Waals surface area contributed by atoms with E-state index >= 15 is 0 Å². The van der Waals surface area contributed by atoms with Crippen molar-refractivity contribution in [2.75, 3.05) is 0 Å². The van der Waals surface area contributed by atoms with Crippen LogP contribution in [0, 0.1) is 3.83 Å². The van der Waals surface area contributed by atoms with Gasteiger partial charge in [-0.15, -0.1) is 5.10 Å². The maximum absolute atomic E-state index is 4.17. The van der Waals surface area contributed by atoms with Gasteiger partial charge < -0.3 is 0 Å². The molecule has 0 bridgehead atoms. The van der Waals surface area contributed by atoms with Gasteiger partial charge in [0.15, 0.2) is 0 Å². The summed E-state index contributed by atoms with van der Waals surface area (Å²) < 4.78 is 2.73. The van der Waals surface area contributed by atoms with E-state index in [2.05, 4.69) is 39.6 Å². The number of rotatable bonds is 4. The fourth-order valence-corrected chi connectivity index (χ4v) is 1.31. The Bertz CT molecular complexity index is 209. The summed E-state index contributed by atoms with van der Waals surface area (Å²) in [6.45, 7) is 3.20. The molecule has 0 aliphatic carbocycles. The number of halogens is 1. The first-order valence-electron chi connectivity index (χ1n) is 3.88. The maximum Gasteiger partial charge on any atom is 0.211 e. The SMILES string of the molecule is CCCCCn1cnc(I)n1. The third kappa shape index (κ3) is 3.18. The van der Waals surface area contributed by atoms with Crippen molar-refractivity contribution in [3.8, 4) is 0 Å². The molecule has 0 radical (unpaired) electrons. The minimum atomic E-state index is 0.832. The molecule has 3 nitrogen and oxygen atoms in total. The predicted molar refractivity (Wildman–Crippen MR) is 52.3 cm³/mol. The Hall–Kier alpha value is -0.130. The minimum Gasteiger partial charge on any atom is -0.252 e. The fourth-order valence-electron chi connectivity index (χ4n) is 0.903. The van der Waals surface area contributed by atoms with Crippen molar-refractivity contribution in [2.24, 2.45) is 0 Å². The van der Waals surface area contributed by atoms with E-state index < -0.39 is 0 Å². The molecule has 0 amide bonds. The molecule has 0 saturated carbocycles. The summed E-state index contributed by atoms with van der Waals surface area (Å²) in [5, 5.41) is 4.17. The number of hydrogen-bond donors (Lipinski definition) is 0. The molecule has 1 rings (SSSR count). The second-order valence-electron chi connectivity index (χ2n) is 2.48. The van der Waals surface area contributed by atoms with E-state index in [1.807, 2.05) is 4.68 Å². The van der Waals surface area contributed by atoms with Crippen LogP contribution < -0.4 is 0 Å². The Labute approximate surface area is 80.3 Å². The van der Waals surface area contributed by atoms with Gasteiger partial charge in [-0.25, -0.2) is 4.98 Å². The Morgan fingerprint density at radius 1 is 1.55 bits per heavy atom. The fraction of sp³-hybridized carbons (Fsp3) is 0.714. The van der Waals surface area contributed by atoms with Crippen molar-refractivity contribution in [1.82, 2.24) is 14.8 Å². The maximum atomic E-state index is 4.17. The van der Waals surface area contributed by atoms with Gasteiger partial charge in [0.1, 0.15) is 6.33 Å². The molecule has 0 aliphatic heterocycles. The van der Waals surface area contributed by atoms with E-state index in [9.17, 15) is 0 Å². The molecule has 62 valence electrons. The van der Waals surface area contributed by atoms with Crippen LogP contribution in [0.25, 0.3) is 0 Å². The highest BCUT2D eigenvalue weighted by Gasteiger charge is 1.94. The third-order valence-corrected chi connectivity index (χ3v) is 1.99. The smallest absolute Gasteiger partial charge is 0.211 e. The first-order chi connectivity index (χ1) is 5.33. The summed E-state index contributed by atoms with van der Waals surface area (Å²) in [5.74, 6) is 0. The van der Waals surface area contributed by atoms with Gasteiger partial charge in [-0.1, -0.05) is 19.8 Å². The van der Waals surface area contributed by atoms with Crippen molar-refractivity contribution < 1.29 is 0 Å². The molecule has 1 aromatic heterocycles. The van der Waals surface area contributed by atoms with Gasteiger partial charge in [0.25, 0.3) is 0 Å². The van der Waals surface area contributed by atoms with Gasteiger partial charge in [0, 0.05) is 29.1 Å². The van der Waals surface area contributed by atoms with Crippen molar-refractivity contribution in [2.45, 2.75) is 32.7 Å². The molecular formula is C7H12IN3. The zero-order valence-electron chi connectivity index (χ0n) is 6.63. The lowest BCUT2D eigenvalue weighted by Crippen LogP contribution is -1.98. The molecule has 1 aromatic rings. The largest absolute Gasteiger partial charge is 0.252 e. The van der Waals surface area contributed by atoms with Crippen molar-refractivity contribution in [3.63, 3.8) is 0 Å². The van der Waals surface area contributed by atoms with Gasteiger partial charge in [-0.3, -0.25) is 4.68 Å². The van der Waals surface area contributed by atoms with Crippen molar-refractivity contribution >= 4 is 22.6 Å². The zero-order valence-corrected chi connectivity index (χ0v) is 8.78. The van der Waals surface area contributed by atoms with Crippen molar-refractivity contribution in [3.05, 3.63) is 10.2 Å². The lowest BCUT2D eigenvalue weighted by molar-refractivity contribution is 0.550. The highest BCUT2D eigenvalue weighted by molar-refractivity contribution is 14.1. The molecule has 0 aromatic carbocycles. The minimum absolute atomic E-state index is 0.832. The number of hydrogen-bond acceptors (Lipinski definition) is 2. The van der Waals surface area contributed by atoms with Crippen LogP contribution in [0.2, 0.25) is 0 Å². The Morgan fingerprint density at radius 3 is 2.91 bits per heavy atom. The van der Waals surface area contributed by atoms with Gasteiger partial charge in [-0.2, -0.15) is 0 Å². The van der Waals surface area contributed by atoms with Gasteiger partial charge in [0.2, 0.25) is 3.83 Å². The Balaban J connectivity index is 2.27. The molecule has 0 fully saturated rings. The van der Waals surface area contributed by atoms with Crippen molar-refractivity contribution in [1.29, 1.82) is 0 Å². The second-order valence-corrected chi connectivity index (χ2v) is 3.45. The quantitative estimate of drug-likeness (QED) is 0.616. The van der Waals surface area contributed by atoms with Gasteiger partial charge in [-0.05, 0) is 6.42 Å². The summed E-state index contributed by atoms with van der Waals surface area (Å²) in [5.41, 5.74) is 0. The van der Waals surface area contributed by atoms with Crippen LogP contribution in [0.1, 0.15) is 26.2 Å². The second kappa shape index (κ2) is 4.69. The molecule has 4 heteroatoms. The monoisotopic (exact) mass is 265 g/mol. The summed E-state index contributed by atoms with van der Waals surface area (Å²) in [6, 6.07) is 0. The predicted octanol–water partition coefficient (Wildman–Crippen LogP) is 2.07. The van der Waals surface area contributed by atoms with Crippen LogP contribution in [-0.2, 0) is 6.54 Å². The summed E-state index contributed by atoms with van der Waals surface area (Å²) in [4.78, 5) is 4.03. The lowest BCUT2D eigenvalue weighted by Gasteiger charge is -1.96. The highest BCUT2D eigenvalue weighted by Crippen LogP contribution is 1.98. The molecule has 0 atom stereocenters. The summed E-state index contributed by atoms with van der Waals surface area (Å²) >= 11 is 2.12. The third-order valence-electron chi connectivity index (χ3n) is 1.50. The average molecular weight is 265 g/mol. The summed E-state index contributed by atoms with van der Waals surface area (Å²) in [7, 11) is 0. The molecule has 0 N–H and O–H groups in total. The molecule has 1 heterocycles.